The molecule has 5 rings (SSSR count). The zero-order valence-electron chi connectivity index (χ0n) is 14.2. The molecule has 0 radical (unpaired) electrons. The van der Waals surface area contributed by atoms with Crippen LogP contribution in [0.15, 0.2) is 66.2 Å². The van der Waals surface area contributed by atoms with E-state index in [4.69, 9.17) is 9.47 Å². The molecule has 7 heteroatoms. The number of hydrogen-bond acceptors (Lipinski definition) is 5. The molecule has 0 bridgehead atoms. The molecule has 6 nitrogen and oxygen atoms in total. The monoisotopic (exact) mass is 377 g/mol. The summed E-state index contributed by atoms with van der Waals surface area (Å²) < 4.78 is 13.4. The number of thiazole rings is 1. The molecule has 4 aromatic rings. The van der Waals surface area contributed by atoms with E-state index in [1.165, 1.54) is 11.3 Å². The second-order valence-corrected chi connectivity index (χ2v) is 6.96. The smallest absolute Gasteiger partial charge is 0.270 e. The van der Waals surface area contributed by atoms with E-state index in [9.17, 15) is 4.79 Å². The number of benzene rings is 2. The molecule has 2 aromatic carbocycles. The third-order valence-corrected chi connectivity index (χ3v) is 5.11. The Labute approximate surface area is 159 Å². The first-order valence-electron chi connectivity index (χ1n) is 8.50. The van der Waals surface area contributed by atoms with Gasteiger partial charge in [-0.05, 0) is 12.1 Å². The third-order valence-electron chi connectivity index (χ3n) is 4.35. The molecule has 1 N–H and O–H groups in total. The van der Waals surface area contributed by atoms with Gasteiger partial charge in [0.25, 0.3) is 5.91 Å². The summed E-state index contributed by atoms with van der Waals surface area (Å²) in [6.45, 7) is 0.162. The molecule has 0 aliphatic carbocycles. The van der Waals surface area contributed by atoms with Crippen LogP contribution in [0.25, 0.3) is 16.2 Å². The number of aromatic nitrogens is 2. The van der Waals surface area contributed by atoms with E-state index >= 15 is 0 Å². The van der Waals surface area contributed by atoms with Crippen LogP contribution in [-0.2, 0) is 4.79 Å². The molecule has 1 aliphatic heterocycles. The van der Waals surface area contributed by atoms with Crippen LogP contribution in [-0.4, -0.2) is 28.0 Å². The third kappa shape index (κ3) is 2.82. The second kappa shape index (κ2) is 6.44. The minimum absolute atomic E-state index is 0.162. The van der Waals surface area contributed by atoms with Crippen molar-refractivity contribution < 1.29 is 14.3 Å². The molecular formula is C20H15N3O3S. The van der Waals surface area contributed by atoms with Crippen LogP contribution in [0.3, 0.4) is 0 Å². The number of anilines is 1. The standard InChI is InChI=1S/C20H15N3O3S/c24-19(16-12-25-14-8-4-5-9-15(14)26-16)22-18-17(13-6-2-1-3-7-13)21-20-23(18)10-11-27-20/h1-11,16H,12H2,(H,22,24). The van der Waals surface area contributed by atoms with Crippen LogP contribution < -0.4 is 14.8 Å². The van der Waals surface area contributed by atoms with Gasteiger partial charge in [-0.3, -0.25) is 9.20 Å². The van der Waals surface area contributed by atoms with Gasteiger partial charge in [-0.1, -0.05) is 42.5 Å². The first-order valence-corrected chi connectivity index (χ1v) is 9.38. The van der Waals surface area contributed by atoms with Crippen molar-refractivity contribution in [2.75, 3.05) is 11.9 Å². The molecule has 27 heavy (non-hydrogen) atoms. The first kappa shape index (κ1) is 15.9. The van der Waals surface area contributed by atoms with Crippen molar-refractivity contribution in [1.82, 2.24) is 9.38 Å². The minimum Gasteiger partial charge on any atom is -0.485 e. The molecule has 0 spiro atoms. The number of para-hydroxylation sites is 2. The summed E-state index contributed by atoms with van der Waals surface area (Å²) in [5.41, 5.74) is 1.67. The van der Waals surface area contributed by atoms with Gasteiger partial charge < -0.3 is 14.8 Å². The van der Waals surface area contributed by atoms with Crippen LogP contribution >= 0.6 is 11.3 Å². The number of amides is 1. The Morgan fingerprint density at radius 2 is 1.89 bits per heavy atom. The number of carbonyl (C=O) groups excluding carboxylic acids is 1. The van der Waals surface area contributed by atoms with E-state index in [0.717, 1.165) is 16.2 Å². The highest BCUT2D eigenvalue weighted by atomic mass is 32.1. The van der Waals surface area contributed by atoms with Gasteiger partial charge in [-0.15, -0.1) is 11.3 Å². The summed E-state index contributed by atoms with van der Waals surface area (Å²) in [6.07, 6.45) is 1.16. The second-order valence-electron chi connectivity index (χ2n) is 6.08. The fourth-order valence-electron chi connectivity index (χ4n) is 3.05. The zero-order chi connectivity index (χ0) is 18.2. The van der Waals surface area contributed by atoms with Gasteiger partial charge in [0.05, 0.1) is 0 Å². The fourth-order valence-corrected chi connectivity index (χ4v) is 3.76. The quantitative estimate of drug-likeness (QED) is 0.589. The predicted octanol–water partition coefficient (Wildman–Crippen LogP) is 3.84. The van der Waals surface area contributed by atoms with Gasteiger partial charge in [0, 0.05) is 17.1 Å². The lowest BCUT2D eigenvalue weighted by Gasteiger charge is -2.25. The lowest BCUT2D eigenvalue weighted by atomic mass is 10.1. The lowest BCUT2D eigenvalue weighted by Crippen LogP contribution is -2.40. The average molecular weight is 377 g/mol. The van der Waals surface area contributed by atoms with Gasteiger partial charge in [-0.25, -0.2) is 4.98 Å². The number of carbonyl (C=O) groups is 1. The Kier molecular flexibility index (Phi) is 3.79. The van der Waals surface area contributed by atoms with E-state index in [2.05, 4.69) is 10.3 Å². The Bertz CT molecular complexity index is 1120. The van der Waals surface area contributed by atoms with Gasteiger partial charge in [0.15, 0.2) is 16.5 Å². The van der Waals surface area contributed by atoms with Crippen LogP contribution in [0.2, 0.25) is 0 Å². The van der Waals surface area contributed by atoms with Gasteiger partial charge in [0.1, 0.15) is 18.1 Å². The zero-order valence-corrected chi connectivity index (χ0v) is 15.0. The molecule has 1 atom stereocenters. The number of nitrogens with one attached hydrogen (secondary N) is 1. The van der Waals surface area contributed by atoms with Gasteiger partial charge in [-0.2, -0.15) is 0 Å². The lowest BCUT2D eigenvalue weighted by molar-refractivity contribution is -0.125. The number of rotatable bonds is 3. The van der Waals surface area contributed by atoms with Gasteiger partial charge in [0.2, 0.25) is 6.10 Å². The molecule has 1 aliphatic rings. The molecule has 0 saturated carbocycles. The molecule has 0 saturated heterocycles. The summed E-state index contributed by atoms with van der Waals surface area (Å²) >= 11 is 1.51. The van der Waals surface area contributed by atoms with Crippen LogP contribution in [0, 0.1) is 0 Å². The number of ether oxygens (including phenoxy) is 2. The predicted molar refractivity (Wildman–Crippen MR) is 103 cm³/mol. The maximum absolute atomic E-state index is 12.9. The Morgan fingerprint density at radius 1 is 1.11 bits per heavy atom. The first-order chi connectivity index (χ1) is 13.3. The van der Waals surface area contributed by atoms with Crippen molar-refractivity contribution in [2.24, 2.45) is 0 Å². The van der Waals surface area contributed by atoms with Crippen molar-refractivity contribution in [3.05, 3.63) is 66.2 Å². The molecule has 3 heterocycles. The fraction of sp³-hybridized carbons (Fsp3) is 0.100. The highest BCUT2D eigenvalue weighted by Crippen LogP contribution is 2.33. The summed E-state index contributed by atoms with van der Waals surface area (Å²) in [5, 5.41) is 4.92. The maximum atomic E-state index is 12.9. The van der Waals surface area contributed by atoms with E-state index < -0.39 is 6.10 Å². The average Bonchev–Trinajstić information content (AvgIpc) is 3.31. The van der Waals surface area contributed by atoms with E-state index in [1.54, 1.807) is 6.07 Å². The summed E-state index contributed by atoms with van der Waals surface area (Å²) in [7, 11) is 0. The summed E-state index contributed by atoms with van der Waals surface area (Å²) in [6, 6.07) is 17.1. The molecule has 1 amide bonds. The van der Waals surface area contributed by atoms with Crippen molar-refractivity contribution in [1.29, 1.82) is 0 Å². The van der Waals surface area contributed by atoms with Crippen molar-refractivity contribution in [3.63, 3.8) is 0 Å². The highest BCUT2D eigenvalue weighted by Gasteiger charge is 2.29. The normalized spacial score (nSPS) is 15.6. The molecular weight excluding hydrogens is 362 g/mol. The molecule has 2 aromatic heterocycles. The Balaban J connectivity index is 1.46. The van der Waals surface area contributed by atoms with E-state index in [-0.39, 0.29) is 12.5 Å². The number of nitrogens with zero attached hydrogens (tertiary/aromatic N) is 2. The van der Waals surface area contributed by atoms with Crippen LogP contribution in [0.5, 0.6) is 11.5 Å². The summed E-state index contributed by atoms with van der Waals surface area (Å²) in [5.74, 6) is 1.58. The SMILES string of the molecule is O=C(Nc1c(-c2ccccc2)nc2sccn12)C1COc2ccccc2O1. The molecule has 1 unspecified atom stereocenters. The largest absolute Gasteiger partial charge is 0.485 e. The Hall–Kier alpha value is -3.32. The van der Waals surface area contributed by atoms with E-state index in [1.807, 2.05) is 64.5 Å². The molecule has 134 valence electrons. The number of fused-ring (bicyclic) bond motifs is 2. The van der Waals surface area contributed by atoms with Crippen molar-refractivity contribution in [2.45, 2.75) is 6.10 Å². The highest BCUT2D eigenvalue weighted by molar-refractivity contribution is 7.15. The topological polar surface area (TPSA) is 64.9 Å². The Morgan fingerprint density at radius 3 is 2.74 bits per heavy atom. The van der Waals surface area contributed by atoms with Crippen LogP contribution in [0.4, 0.5) is 5.82 Å². The van der Waals surface area contributed by atoms with Crippen molar-refractivity contribution >= 4 is 28.0 Å². The van der Waals surface area contributed by atoms with Gasteiger partial charge >= 0.3 is 0 Å². The minimum atomic E-state index is -0.729. The maximum Gasteiger partial charge on any atom is 0.270 e. The number of imidazole rings is 1. The molecule has 0 fully saturated rings. The van der Waals surface area contributed by atoms with E-state index in [0.29, 0.717) is 17.3 Å². The van der Waals surface area contributed by atoms with Crippen LogP contribution in [0.1, 0.15) is 0 Å². The number of hydrogen-bond donors (Lipinski definition) is 1. The summed E-state index contributed by atoms with van der Waals surface area (Å²) in [4.78, 5) is 18.4. The van der Waals surface area contributed by atoms with Crippen molar-refractivity contribution in [3.8, 4) is 22.8 Å².